The van der Waals surface area contributed by atoms with Crippen LogP contribution in [0.5, 0.6) is 0 Å². The number of carbonyl (C=O) groups excluding carboxylic acids is 1. The molecule has 24 heavy (non-hydrogen) atoms. The van der Waals surface area contributed by atoms with E-state index in [-0.39, 0.29) is 12.3 Å². The number of pyridine rings is 1. The molecule has 0 spiro atoms. The van der Waals surface area contributed by atoms with Crippen molar-refractivity contribution in [2.75, 3.05) is 11.9 Å². The number of carbonyl (C=O) groups is 2. The first-order chi connectivity index (χ1) is 11.6. The summed E-state index contributed by atoms with van der Waals surface area (Å²) in [4.78, 5) is 27.1. The van der Waals surface area contributed by atoms with E-state index in [0.717, 1.165) is 50.2 Å². The van der Waals surface area contributed by atoms with Crippen LogP contribution in [0.2, 0.25) is 0 Å². The van der Waals surface area contributed by atoms with Crippen molar-refractivity contribution in [2.24, 2.45) is 0 Å². The van der Waals surface area contributed by atoms with Gasteiger partial charge < -0.3 is 15.7 Å². The second-order valence-electron chi connectivity index (χ2n) is 6.06. The lowest BCUT2D eigenvalue weighted by molar-refractivity contribution is -0.137. The minimum atomic E-state index is -0.952. The van der Waals surface area contributed by atoms with Crippen molar-refractivity contribution in [3.63, 3.8) is 0 Å². The van der Waals surface area contributed by atoms with E-state index < -0.39 is 12.0 Å². The van der Waals surface area contributed by atoms with Gasteiger partial charge in [0, 0.05) is 18.7 Å². The molecule has 0 aromatic carbocycles. The van der Waals surface area contributed by atoms with Crippen LogP contribution in [0.3, 0.4) is 0 Å². The van der Waals surface area contributed by atoms with Crippen molar-refractivity contribution < 1.29 is 14.7 Å². The molecule has 2 heterocycles. The van der Waals surface area contributed by atoms with Gasteiger partial charge >= 0.3 is 5.97 Å². The van der Waals surface area contributed by atoms with Crippen molar-refractivity contribution in [1.29, 1.82) is 0 Å². The van der Waals surface area contributed by atoms with Crippen molar-refractivity contribution in [3.8, 4) is 0 Å². The Morgan fingerprint density at radius 3 is 3.00 bits per heavy atom. The van der Waals surface area contributed by atoms with Gasteiger partial charge in [0.15, 0.2) is 0 Å². The van der Waals surface area contributed by atoms with Crippen LogP contribution in [0, 0.1) is 0 Å². The summed E-state index contributed by atoms with van der Waals surface area (Å²) in [6.07, 6.45) is 6.38. The minimum absolute atomic E-state index is 0.138. The van der Waals surface area contributed by atoms with Gasteiger partial charge in [0.25, 0.3) is 0 Å². The summed E-state index contributed by atoms with van der Waals surface area (Å²) in [6.45, 7) is 4.52. The van der Waals surface area contributed by atoms with Crippen LogP contribution in [-0.4, -0.2) is 34.6 Å². The Labute approximate surface area is 142 Å². The highest BCUT2D eigenvalue weighted by molar-refractivity contribution is 5.77. The molecule has 130 valence electrons. The molecule has 3 N–H and O–H groups in total. The summed E-state index contributed by atoms with van der Waals surface area (Å²) < 4.78 is 0. The lowest BCUT2D eigenvalue weighted by Crippen LogP contribution is -2.34. The molecule has 0 saturated carbocycles. The zero-order valence-corrected chi connectivity index (χ0v) is 13.9. The maximum Gasteiger partial charge on any atom is 0.305 e. The van der Waals surface area contributed by atoms with Crippen LogP contribution in [0.15, 0.2) is 24.8 Å². The predicted molar refractivity (Wildman–Crippen MR) is 93.0 cm³/mol. The van der Waals surface area contributed by atoms with Crippen LogP contribution in [-0.2, 0) is 22.4 Å². The first-order valence-corrected chi connectivity index (χ1v) is 8.45. The van der Waals surface area contributed by atoms with Gasteiger partial charge in [0.1, 0.15) is 5.82 Å². The van der Waals surface area contributed by atoms with Gasteiger partial charge in [-0.05, 0) is 43.7 Å². The van der Waals surface area contributed by atoms with Crippen LogP contribution >= 0.6 is 0 Å². The van der Waals surface area contributed by atoms with Gasteiger partial charge in [0.05, 0.1) is 12.5 Å². The molecule has 1 atom stereocenters. The number of anilines is 1. The zero-order valence-electron chi connectivity index (χ0n) is 13.9. The molecule has 0 saturated heterocycles. The number of unbranched alkanes of at least 4 members (excludes halogenated alkanes) is 1. The van der Waals surface area contributed by atoms with Gasteiger partial charge in [-0.3, -0.25) is 9.59 Å². The molecule has 0 bridgehead atoms. The Bertz CT molecular complexity index is 601. The number of aliphatic carboxylic acids is 1. The number of carboxylic acids is 1. The van der Waals surface area contributed by atoms with E-state index in [9.17, 15) is 9.59 Å². The van der Waals surface area contributed by atoms with E-state index in [1.807, 2.05) is 0 Å². The van der Waals surface area contributed by atoms with Gasteiger partial charge in [0.2, 0.25) is 5.91 Å². The molecule has 1 aliphatic rings. The summed E-state index contributed by atoms with van der Waals surface area (Å²) in [6, 6.07) is 3.69. The maximum absolute atomic E-state index is 11.8. The lowest BCUT2D eigenvalue weighted by atomic mass is 10.1. The predicted octanol–water partition coefficient (Wildman–Crippen LogP) is 2.30. The van der Waals surface area contributed by atoms with Gasteiger partial charge in [-0.25, -0.2) is 4.98 Å². The highest BCUT2D eigenvalue weighted by Gasteiger charge is 2.13. The highest BCUT2D eigenvalue weighted by Crippen LogP contribution is 2.20. The van der Waals surface area contributed by atoms with Crippen molar-refractivity contribution >= 4 is 17.7 Å². The molecule has 0 fully saturated rings. The van der Waals surface area contributed by atoms with Gasteiger partial charge in [-0.1, -0.05) is 12.1 Å². The Hall–Kier alpha value is -2.37. The lowest BCUT2D eigenvalue weighted by Gasteiger charge is -2.17. The fourth-order valence-corrected chi connectivity index (χ4v) is 2.76. The summed E-state index contributed by atoms with van der Waals surface area (Å²) >= 11 is 0. The third kappa shape index (κ3) is 5.68. The second-order valence-corrected chi connectivity index (χ2v) is 6.06. The number of amides is 1. The number of hydrogen-bond donors (Lipinski definition) is 3. The molecule has 6 heteroatoms. The summed E-state index contributed by atoms with van der Waals surface area (Å²) in [5.74, 6) is -0.0903. The van der Waals surface area contributed by atoms with Crippen LogP contribution in [0.25, 0.3) is 0 Å². The number of aryl methyl sites for hydroxylation is 2. The number of hydrogen-bond acceptors (Lipinski definition) is 4. The summed E-state index contributed by atoms with van der Waals surface area (Å²) in [7, 11) is 0. The van der Waals surface area contributed by atoms with E-state index in [1.54, 1.807) is 0 Å². The van der Waals surface area contributed by atoms with E-state index in [1.165, 1.54) is 11.6 Å². The number of aromatic nitrogens is 1. The second kappa shape index (κ2) is 9.05. The van der Waals surface area contributed by atoms with Crippen LogP contribution in [0.1, 0.15) is 43.4 Å². The first-order valence-electron chi connectivity index (χ1n) is 8.45. The van der Waals surface area contributed by atoms with Crippen LogP contribution < -0.4 is 10.6 Å². The molecule has 0 unspecified atom stereocenters. The SMILES string of the molecule is C=C[C@H](CC(=O)O)NC(=O)CCCCc1ccc2c(n1)NCCC2. The van der Waals surface area contributed by atoms with Crippen LogP contribution in [0.4, 0.5) is 5.82 Å². The average Bonchev–Trinajstić information content (AvgIpc) is 2.57. The van der Waals surface area contributed by atoms with Crippen molar-refractivity contribution in [3.05, 3.63) is 36.0 Å². The zero-order chi connectivity index (χ0) is 17.4. The number of fused-ring (bicyclic) bond motifs is 1. The molecule has 1 aromatic heterocycles. The fourth-order valence-electron chi connectivity index (χ4n) is 2.76. The molecular weight excluding hydrogens is 306 g/mol. The number of nitrogens with zero attached hydrogens (tertiary/aromatic N) is 1. The van der Waals surface area contributed by atoms with Gasteiger partial charge in [-0.2, -0.15) is 0 Å². The first kappa shape index (κ1) is 18.0. The average molecular weight is 331 g/mol. The van der Waals surface area contributed by atoms with Crippen molar-refractivity contribution in [1.82, 2.24) is 10.3 Å². The number of rotatable bonds is 9. The normalized spacial score (nSPS) is 14.2. The minimum Gasteiger partial charge on any atom is -0.481 e. The number of nitrogens with one attached hydrogen (secondary N) is 2. The highest BCUT2D eigenvalue weighted by atomic mass is 16.4. The topological polar surface area (TPSA) is 91.3 Å². The molecule has 6 nitrogen and oxygen atoms in total. The smallest absolute Gasteiger partial charge is 0.305 e. The Morgan fingerprint density at radius 1 is 1.42 bits per heavy atom. The molecule has 0 radical (unpaired) electrons. The molecule has 1 amide bonds. The molecule has 0 aliphatic carbocycles. The Kier molecular flexibility index (Phi) is 6.78. The third-order valence-electron chi connectivity index (χ3n) is 4.06. The Morgan fingerprint density at radius 2 is 2.25 bits per heavy atom. The molecule has 1 aromatic rings. The van der Waals surface area contributed by atoms with E-state index in [0.29, 0.717) is 6.42 Å². The molecule has 2 rings (SSSR count). The summed E-state index contributed by atoms with van der Waals surface area (Å²) in [5, 5.41) is 14.7. The van der Waals surface area contributed by atoms with Gasteiger partial charge in [-0.15, -0.1) is 6.58 Å². The molecule has 1 aliphatic heterocycles. The van der Waals surface area contributed by atoms with E-state index in [4.69, 9.17) is 5.11 Å². The molecular formula is C18H25N3O3. The van der Waals surface area contributed by atoms with Crippen molar-refractivity contribution in [2.45, 2.75) is 51.0 Å². The maximum atomic E-state index is 11.8. The standard InChI is InChI=1S/C18H25N3O3/c1-2-14(12-17(23)24)20-16(22)8-4-3-7-15-10-9-13-6-5-11-19-18(13)21-15/h2,9-10,14H,1,3-8,11-12H2,(H,19,21)(H,20,22)(H,23,24)/t14-/m1/s1. The van der Waals surface area contributed by atoms with E-state index >= 15 is 0 Å². The fraction of sp³-hybridized carbons (Fsp3) is 0.500. The number of carboxylic acid groups (broad SMARTS) is 1. The summed E-state index contributed by atoms with van der Waals surface area (Å²) in [5.41, 5.74) is 2.32. The monoisotopic (exact) mass is 331 g/mol. The largest absolute Gasteiger partial charge is 0.481 e. The van der Waals surface area contributed by atoms with E-state index in [2.05, 4.69) is 34.3 Å². The quantitative estimate of drug-likeness (QED) is 0.477. The third-order valence-corrected chi connectivity index (χ3v) is 4.06. The Balaban J connectivity index is 1.69.